The Bertz CT molecular complexity index is 2980. The van der Waals surface area contributed by atoms with Gasteiger partial charge in [0.2, 0.25) is 0 Å². The predicted molar refractivity (Wildman–Crippen MR) is 286 cm³/mol. The SMILES string of the molecule is C=Cc1oc2c(-c3ccc4c(-c5c(OCCC)ccc6cc(-c7cccc8c7oc7ccccc78)ccc56)c(OCC)ccc4c3)cccc2c1/C=C\C.CC.CC.CC.CCCOC.O. The highest BCUT2D eigenvalue weighted by atomic mass is 16.5. The predicted octanol–water partition coefficient (Wildman–Crippen LogP) is 17.8. The topological polar surface area (TPSA) is 85.5 Å². The molecule has 0 saturated heterocycles. The second-order valence-corrected chi connectivity index (χ2v) is 14.6. The van der Waals surface area contributed by atoms with Crippen molar-refractivity contribution in [1.29, 1.82) is 0 Å². The van der Waals surface area contributed by atoms with Gasteiger partial charge in [-0.15, -0.1) is 0 Å². The Balaban J connectivity index is 0.000000729. The Morgan fingerprint density at radius 1 is 0.545 bits per heavy atom. The van der Waals surface area contributed by atoms with Crippen molar-refractivity contribution in [2.45, 2.75) is 82.1 Å². The zero-order valence-corrected chi connectivity index (χ0v) is 41.1. The fraction of sp³-hybridized carbons (Fsp3) is 0.267. The van der Waals surface area contributed by atoms with Gasteiger partial charge in [0.1, 0.15) is 34.0 Å². The van der Waals surface area contributed by atoms with Gasteiger partial charge in [0.05, 0.1) is 13.2 Å². The van der Waals surface area contributed by atoms with Crippen LogP contribution in [-0.4, -0.2) is 32.4 Å². The van der Waals surface area contributed by atoms with Crippen molar-refractivity contribution in [2.75, 3.05) is 26.9 Å². The van der Waals surface area contributed by atoms with Gasteiger partial charge >= 0.3 is 0 Å². The highest BCUT2D eigenvalue weighted by molar-refractivity contribution is 6.13. The number of hydrogen-bond acceptors (Lipinski definition) is 5. The molecule has 0 radical (unpaired) electrons. The quantitative estimate of drug-likeness (QED) is 0.122. The summed E-state index contributed by atoms with van der Waals surface area (Å²) in [6.07, 6.45) is 7.92. The van der Waals surface area contributed by atoms with E-state index in [2.05, 4.69) is 136 Å². The van der Waals surface area contributed by atoms with Gasteiger partial charge in [-0.1, -0.05) is 165 Å². The van der Waals surface area contributed by atoms with Crippen LogP contribution in [0.25, 0.3) is 100.0 Å². The number of methoxy groups -OCH3 is 1. The lowest BCUT2D eigenvalue weighted by atomic mass is 9.89. The molecule has 0 aliphatic carbocycles. The molecule has 346 valence electrons. The Hall–Kier alpha value is -6.60. The third-order valence-electron chi connectivity index (χ3n) is 10.7. The van der Waals surface area contributed by atoms with Gasteiger partial charge in [-0.2, -0.15) is 0 Å². The minimum atomic E-state index is 0. The normalized spacial score (nSPS) is 10.6. The van der Waals surface area contributed by atoms with E-state index in [9.17, 15) is 0 Å². The third-order valence-corrected chi connectivity index (χ3v) is 10.7. The Morgan fingerprint density at radius 2 is 1.08 bits per heavy atom. The number of ether oxygens (including phenoxy) is 3. The van der Waals surface area contributed by atoms with Crippen LogP contribution in [0.15, 0.2) is 143 Å². The molecule has 0 saturated carbocycles. The first-order valence-corrected chi connectivity index (χ1v) is 23.6. The maximum Gasteiger partial charge on any atom is 0.143 e. The molecule has 2 N–H and O–H groups in total. The maximum atomic E-state index is 6.53. The molecule has 9 aromatic rings. The van der Waals surface area contributed by atoms with Crippen LogP contribution in [0, 0.1) is 0 Å². The highest BCUT2D eigenvalue weighted by Gasteiger charge is 2.22. The first-order chi connectivity index (χ1) is 32.0. The molecule has 0 unspecified atom stereocenters. The van der Waals surface area contributed by atoms with E-state index in [0.29, 0.717) is 13.2 Å². The summed E-state index contributed by atoms with van der Waals surface area (Å²) >= 11 is 0. The molecule has 0 fully saturated rings. The molecule has 0 atom stereocenters. The summed E-state index contributed by atoms with van der Waals surface area (Å²) in [4.78, 5) is 0. The van der Waals surface area contributed by atoms with Gasteiger partial charge in [0.25, 0.3) is 0 Å². The first kappa shape index (κ1) is 52.0. The molecular weight excluding hydrogens is 817 g/mol. The molecule has 2 aromatic heterocycles. The standard InChI is InChI=1S/C50H40O4.C4H10O.3C2H6.H2O/c1-5-13-39-41-17-11-15-37(49(41)53-43(39)7-3)33-20-24-35-31(29-33)22-26-45(51-8-4)47(35)48-36-25-21-34(30-32(36)23-27-46(48)52-28-6-2)38-16-12-18-42-40-14-9-10-19-44(40)54-50(38)42;1-3-4-5-2;3*1-2;/h5,7,9-27,29-30H,3,6,8,28H2,1-2,4H3;3-4H2,1-2H3;3*1-2H3;1H2/b13-5-;;;;;. The van der Waals surface area contributed by atoms with E-state index in [1.165, 1.54) is 0 Å². The number of furan rings is 2. The van der Waals surface area contributed by atoms with E-state index in [4.69, 9.17) is 23.0 Å². The van der Waals surface area contributed by atoms with Crippen molar-refractivity contribution in [2.24, 2.45) is 0 Å². The van der Waals surface area contributed by atoms with Gasteiger partial charge in [0, 0.05) is 57.7 Å². The molecule has 0 bridgehead atoms. The molecule has 66 heavy (non-hydrogen) atoms. The summed E-state index contributed by atoms with van der Waals surface area (Å²) < 4.78 is 30.5. The molecular formula is C60H70O6. The van der Waals surface area contributed by atoms with Crippen molar-refractivity contribution in [3.63, 3.8) is 0 Å². The van der Waals surface area contributed by atoms with Crippen LogP contribution in [-0.2, 0) is 4.74 Å². The highest BCUT2D eigenvalue weighted by Crippen LogP contribution is 2.48. The van der Waals surface area contributed by atoms with Crippen LogP contribution in [0.2, 0.25) is 0 Å². The van der Waals surface area contributed by atoms with Gasteiger partial charge < -0.3 is 28.5 Å². The average Bonchev–Trinajstić information content (AvgIpc) is 3.93. The summed E-state index contributed by atoms with van der Waals surface area (Å²) in [5.41, 5.74) is 10.00. The van der Waals surface area contributed by atoms with Crippen molar-refractivity contribution in [3.05, 3.63) is 145 Å². The number of hydrogen-bond donors (Lipinski definition) is 0. The monoisotopic (exact) mass is 887 g/mol. The van der Waals surface area contributed by atoms with Crippen LogP contribution in [0.3, 0.4) is 0 Å². The molecule has 9 rings (SSSR count). The van der Waals surface area contributed by atoms with E-state index in [-0.39, 0.29) is 5.48 Å². The summed E-state index contributed by atoms with van der Waals surface area (Å²) in [5.74, 6) is 2.43. The van der Waals surface area contributed by atoms with Gasteiger partial charge in [-0.25, -0.2) is 0 Å². The average molecular weight is 887 g/mol. The zero-order chi connectivity index (χ0) is 46.9. The summed E-state index contributed by atoms with van der Waals surface area (Å²) in [6.45, 7) is 26.3. The Kier molecular flexibility index (Phi) is 20.3. The van der Waals surface area contributed by atoms with E-state index in [1.807, 2.05) is 73.6 Å². The van der Waals surface area contributed by atoms with Crippen LogP contribution in [0.4, 0.5) is 0 Å². The van der Waals surface area contributed by atoms with E-state index < -0.39 is 0 Å². The number of fused-ring (bicyclic) bond motifs is 6. The van der Waals surface area contributed by atoms with Gasteiger partial charge in [-0.05, 0) is 95.8 Å². The van der Waals surface area contributed by atoms with Crippen LogP contribution in [0.5, 0.6) is 11.5 Å². The fourth-order valence-corrected chi connectivity index (χ4v) is 8.13. The van der Waals surface area contributed by atoms with Crippen LogP contribution < -0.4 is 9.47 Å². The summed E-state index contributed by atoms with van der Waals surface area (Å²) in [5, 5.41) is 7.69. The molecule has 0 amide bonds. The molecule has 0 spiro atoms. The van der Waals surface area contributed by atoms with E-state index >= 15 is 0 Å². The molecule has 6 nitrogen and oxygen atoms in total. The lowest BCUT2D eigenvalue weighted by Crippen LogP contribution is -2.00. The van der Waals surface area contributed by atoms with Crippen LogP contribution >= 0.6 is 0 Å². The lowest BCUT2D eigenvalue weighted by Gasteiger charge is -2.20. The summed E-state index contributed by atoms with van der Waals surface area (Å²) in [6, 6.07) is 42.8. The lowest BCUT2D eigenvalue weighted by molar-refractivity contribution is 0.199. The van der Waals surface area contributed by atoms with Crippen molar-refractivity contribution in [3.8, 4) is 44.9 Å². The summed E-state index contributed by atoms with van der Waals surface area (Å²) in [7, 11) is 1.71. The second kappa shape index (κ2) is 25.8. The Labute approximate surface area is 392 Å². The third kappa shape index (κ3) is 10.7. The molecule has 6 heteroatoms. The number of rotatable bonds is 12. The largest absolute Gasteiger partial charge is 0.493 e. The zero-order valence-electron chi connectivity index (χ0n) is 41.1. The van der Waals surface area contributed by atoms with E-state index in [1.54, 1.807) is 13.2 Å². The molecule has 2 heterocycles. The minimum Gasteiger partial charge on any atom is -0.493 e. The van der Waals surface area contributed by atoms with E-state index in [0.717, 1.165) is 130 Å². The molecule has 7 aromatic carbocycles. The Morgan fingerprint density at radius 3 is 1.59 bits per heavy atom. The smallest absolute Gasteiger partial charge is 0.143 e. The second-order valence-electron chi connectivity index (χ2n) is 14.6. The maximum absolute atomic E-state index is 6.53. The van der Waals surface area contributed by atoms with Gasteiger partial charge in [-0.3, -0.25) is 0 Å². The van der Waals surface area contributed by atoms with Gasteiger partial charge in [0.15, 0.2) is 0 Å². The van der Waals surface area contributed by atoms with Crippen molar-refractivity contribution < 1.29 is 28.5 Å². The number of para-hydroxylation sites is 3. The molecule has 0 aliphatic heterocycles. The minimum absolute atomic E-state index is 0. The molecule has 0 aliphatic rings. The van der Waals surface area contributed by atoms with Crippen LogP contribution in [0.1, 0.15) is 93.4 Å². The number of benzene rings is 7. The number of allylic oxidation sites excluding steroid dienone is 1. The van der Waals surface area contributed by atoms with Crippen molar-refractivity contribution in [1.82, 2.24) is 0 Å². The fourth-order valence-electron chi connectivity index (χ4n) is 8.13. The van der Waals surface area contributed by atoms with Crippen molar-refractivity contribution >= 4 is 66.6 Å². The first-order valence-electron chi connectivity index (χ1n) is 23.6.